The maximum absolute atomic E-state index is 14.2. The molecule has 1 amide bonds. The van der Waals surface area contributed by atoms with E-state index in [1.54, 1.807) is 10.9 Å². The molecule has 5 rings (SSSR count). The molecule has 0 saturated heterocycles. The van der Waals surface area contributed by atoms with Gasteiger partial charge in [-0.2, -0.15) is 32.1 Å². The maximum Gasteiger partial charge on any atom is 0.459 e. The Morgan fingerprint density at radius 2 is 1.58 bits per heavy atom. The molecular weight excluding hydrogens is 507 g/mol. The van der Waals surface area contributed by atoms with Gasteiger partial charge in [0.05, 0.1) is 11.4 Å². The molecule has 0 fully saturated rings. The van der Waals surface area contributed by atoms with Gasteiger partial charge in [0.1, 0.15) is 5.69 Å². The number of rotatable bonds is 6. The van der Waals surface area contributed by atoms with E-state index in [4.69, 9.17) is 0 Å². The molecular formula is C26H19F5N6O. The van der Waals surface area contributed by atoms with Crippen LogP contribution in [0.5, 0.6) is 0 Å². The smallest absolute Gasteiger partial charge is 0.346 e. The Hall–Kier alpha value is -4.61. The summed E-state index contributed by atoms with van der Waals surface area (Å²) in [5.41, 5.74) is 0.672. The Balaban J connectivity index is 1.46. The number of hydrogen-bond acceptors (Lipinski definition) is 4. The van der Waals surface area contributed by atoms with E-state index in [9.17, 15) is 26.7 Å². The maximum atomic E-state index is 14.2. The summed E-state index contributed by atoms with van der Waals surface area (Å²) in [6.07, 6.45) is -4.11. The molecule has 194 valence electrons. The first-order valence-electron chi connectivity index (χ1n) is 11.3. The number of hydrogen-bond donors (Lipinski definition) is 1. The Morgan fingerprint density at radius 1 is 0.921 bits per heavy atom. The average Bonchev–Trinajstić information content (AvgIpc) is 3.52. The molecule has 0 unspecified atom stereocenters. The van der Waals surface area contributed by atoms with Crippen molar-refractivity contribution in [2.45, 2.75) is 25.6 Å². The molecule has 12 heteroatoms. The minimum Gasteiger partial charge on any atom is -0.346 e. The molecule has 3 heterocycles. The fourth-order valence-corrected chi connectivity index (χ4v) is 3.94. The van der Waals surface area contributed by atoms with Gasteiger partial charge >= 0.3 is 12.1 Å². The number of amides is 1. The van der Waals surface area contributed by atoms with Gasteiger partial charge in [0, 0.05) is 35.6 Å². The molecule has 0 atom stereocenters. The van der Waals surface area contributed by atoms with Gasteiger partial charge < -0.3 is 5.32 Å². The number of alkyl halides is 5. The first kappa shape index (κ1) is 25.1. The second-order valence-corrected chi connectivity index (χ2v) is 8.49. The van der Waals surface area contributed by atoms with E-state index in [-0.39, 0.29) is 23.6 Å². The summed E-state index contributed by atoms with van der Waals surface area (Å²) in [5.74, 6) is -5.98. The van der Waals surface area contributed by atoms with Gasteiger partial charge in [0.25, 0.3) is 5.91 Å². The molecule has 0 aliphatic rings. The van der Waals surface area contributed by atoms with Crippen molar-refractivity contribution in [3.63, 3.8) is 0 Å². The van der Waals surface area contributed by atoms with Gasteiger partial charge in [-0.1, -0.05) is 48.5 Å². The Bertz CT molecular complexity index is 1610. The second kappa shape index (κ2) is 9.36. The number of nitrogens with zero attached hydrogens (tertiary/aromatic N) is 5. The van der Waals surface area contributed by atoms with E-state index in [0.29, 0.717) is 21.8 Å². The quantitative estimate of drug-likeness (QED) is 0.298. The third kappa shape index (κ3) is 4.60. The van der Waals surface area contributed by atoms with E-state index in [1.807, 2.05) is 60.7 Å². The second-order valence-electron chi connectivity index (χ2n) is 8.49. The molecule has 0 radical (unpaired) electrons. The highest BCUT2D eigenvalue weighted by molar-refractivity contribution is 5.93. The van der Waals surface area contributed by atoms with Crippen LogP contribution in [0.2, 0.25) is 0 Å². The number of benzene rings is 2. The zero-order chi connectivity index (χ0) is 27.1. The summed E-state index contributed by atoms with van der Waals surface area (Å²) < 4.78 is 69.5. The Kier molecular flexibility index (Phi) is 6.17. The molecule has 0 spiro atoms. The van der Waals surface area contributed by atoms with Gasteiger partial charge in [-0.05, 0) is 25.1 Å². The highest BCUT2D eigenvalue weighted by atomic mass is 19.4. The number of nitrogens with one attached hydrogen (secondary N) is 1. The minimum absolute atomic E-state index is 0.0121. The Labute approximate surface area is 212 Å². The molecule has 38 heavy (non-hydrogen) atoms. The van der Waals surface area contributed by atoms with Crippen LogP contribution in [0, 0.1) is 6.92 Å². The van der Waals surface area contributed by atoms with E-state index < -0.39 is 23.7 Å². The number of halogens is 5. The number of carbonyl (C=O) groups is 1. The van der Waals surface area contributed by atoms with Crippen LogP contribution >= 0.6 is 0 Å². The van der Waals surface area contributed by atoms with E-state index in [2.05, 4.69) is 20.5 Å². The molecule has 1 N–H and O–H groups in total. The fraction of sp³-hybridized carbons (Fsp3) is 0.154. The summed E-state index contributed by atoms with van der Waals surface area (Å²) in [6.45, 7) is 1.26. The van der Waals surface area contributed by atoms with Crippen LogP contribution in [0.15, 0.2) is 79.0 Å². The largest absolute Gasteiger partial charge is 0.459 e. The monoisotopic (exact) mass is 526 g/mol. The summed E-state index contributed by atoms with van der Waals surface area (Å²) in [7, 11) is 0. The standard InChI is InChI=1S/C26H19F5N6O/c1-16-12-21(25(27,28)26(29,30)31)37-22(33-16)13-20(34-37)24(38)32-14-18-15-36(19-10-6-3-7-11-19)35-23(18)17-8-4-2-5-9-17/h2-13,15H,14H2,1H3,(H,32,38). The van der Waals surface area contributed by atoms with Crippen molar-refractivity contribution < 1.29 is 26.7 Å². The zero-order valence-electron chi connectivity index (χ0n) is 19.7. The zero-order valence-corrected chi connectivity index (χ0v) is 19.7. The first-order chi connectivity index (χ1) is 18.0. The molecule has 0 saturated carbocycles. The van der Waals surface area contributed by atoms with Crippen molar-refractivity contribution in [3.8, 4) is 16.9 Å². The van der Waals surface area contributed by atoms with Gasteiger partial charge in [-0.3, -0.25) is 4.79 Å². The average molecular weight is 526 g/mol. The highest BCUT2D eigenvalue weighted by Crippen LogP contribution is 2.43. The summed E-state index contributed by atoms with van der Waals surface area (Å²) >= 11 is 0. The molecule has 0 aliphatic carbocycles. The highest BCUT2D eigenvalue weighted by Gasteiger charge is 2.60. The molecule has 7 nitrogen and oxygen atoms in total. The number of fused-ring (bicyclic) bond motifs is 1. The summed E-state index contributed by atoms with van der Waals surface area (Å²) in [5, 5.41) is 11.0. The van der Waals surface area contributed by atoms with Gasteiger partial charge in [-0.25, -0.2) is 14.2 Å². The minimum atomic E-state index is -5.85. The Morgan fingerprint density at radius 3 is 2.24 bits per heavy atom. The van der Waals surface area contributed by atoms with Gasteiger partial charge in [0.2, 0.25) is 0 Å². The van der Waals surface area contributed by atoms with Crippen molar-refractivity contribution in [1.29, 1.82) is 0 Å². The third-order valence-electron chi connectivity index (χ3n) is 5.76. The number of aromatic nitrogens is 5. The van der Waals surface area contributed by atoms with Crippen molar-refractivity contribution >= 4 is 11.6 Å². The number of carbonyl (C=O) groups excluding carboxylic acids is 1. The third-order valence-corrected chi connectivity index (χ3v) is 5.76. The summed E-state index contributed by atoms with van der Waals surface area (Å²) in [6, 6.07) is 20.2. The van der Waals surface area contributed by atoms with Crippen LogP contribution in [0.1, 0.15) is 27.4 Å². The fourth-order valence-electron chi connectivity index (χ4n) is 3.94. The molecule has 0 aliphatic heterocycles. The molecule has 0 bridgehead atoms. The lowest BCUT2D eigenvalue weighted by Gasteiger charge is -2.20. The number of para-hydroxylation sites is 1. The molecule has 5 aromatic rings. The van der Waals surface area contributed by atoms with Gasteiger partial charge in [-0.15, -0.1) is 0 Å². The van der Waals surface area contributed by atoms with E-state index in [0.717, 1.165) is 17.3 Å². The van der Waals surface area contributed by atoms with Crippen molar-refractivity contribution in [2.75, 3.05) is 0 Å². The van der Waals surface area contributed by atoms with Crippen LogP contribution in [0.25, 0.3) is 22.6 Å². The van der Waals surface area contributed by atoms with Gasteiger partial charge in [0.15, 0.2) is 11.3 Å². The van der Waals surface area contributed by atoms with Crippen molar-refractivity contribution in [2.24, 2.45) is 0 Å². The van der Waals surface area contributed by atoms with Crippen LogP contribution in [0.3, 0.4) is 0 Å². The summed E-state index contributed by atoms with van der Waals surface area (Å²) in [4.78, 5) is 16.9. The van der Waals surface area contributed by atoms with E-state index >= 15 is 0 Å². The lowest BCUT2D eigenvalue weighted by Crippen LogP contribution is -2.36. The predicted molar refractivity (Wildman–Crippen MR) is 128 cm³/mol. The topological polar surface area (TPSA) is 77.1 Å². The van der Waals surface area contributed by atoms with E-state index in [1.165, 1.54) is 6.92 Å². The molecule has 2 aromatic carbocycles. The van der Waals surface area contributed by atoms with Crippen molar-refractivity contribution in [3.05, 3.63) is 102 Å². The van der Waals surface area contributed by atoms with Crippen molar-refractivity contribution in [1.82, 2.24) is 29.7 Å². The number of aryl methyl sites for hydroxylation is 1. The molecule has 3 aromatic heterocycles. The van der Waals surface area contributed by atoms with Crippen LogP contribution in [-0.2, 0) is 12.5 Å². The van der Waals surface area contributed by atoms with Crippen LogP contribution < -0.4 is 5.32 Å². The normalized spacial score (nSPS) is 12.2. The predicted octanol–water partition coefficient (Wildman–Crippen LogP) is 5.47. The lowest BCUT2D eigenvalue weighted by atomic mass is 10.1. The van der Waals surface area contributed by atoms with Crippen LogP contribution in [-0.4, -0.2) is 36.5 Å². The van der Waals surface area contributed by atoms with Crippen LogP contribution in [0.4, 0.5) is 22.0 Å². The lowest BCUT2D eigenvalue weighted by molar-refractivity contribution is -0.291. The SMILES string of the molecule is Cc1cc(C(F)(F)C(F)(F)F)n2nc(C(=O)NCc3cn(-c4ccccc4)nc3-c3ccccc3)cc2n1. The first-order valence-corrected chi connectivity index (χ1v) is 11.3.